The fourth-order valence-electron chi connectivity index (χ4n) is 5.73. The first-order chi connectivity index (χ1) is 28.8. The molecule has 2 fully saturated rings. The summed E-state index contributed by atoms with van der Waals surface area (Å²) in [6.45, 7) is 7.98. The van der Waals surface area contributed by atoms with Crippen molar-refractivity contribution in [3.05, 3.63) is 144 Å². The summed E-state index contributed by atoms with van der Waals surface area (Å²) in [5, 5.41) is 7.57. The third-order valence-corrected chi connectivity index (χ3v) is 9.04. The van der Waals surface area contributed by atoms with Crippen molar-refractivity contribution >= 4 is 36.1 Å². The summed E-state index contributed by atoms with van der Waals surface area (Å²) < 4.78 is 18.6. The second-order valence-electron chi connectivity index (χ2n) is 13.8. The highest BCUT2D eigenvalue weighted by atomic mass is 16.6. The maximum Gasteiger partial charge on any atom is 0.418 e. The molecule has 2 saturated heterocycles. The van der Waals surface area contributed by atoms with Gasteiger partial charge in [-0.1, -0.05) is 135 Å². The quantitative estimate of drug-likeness (QED) is 0.0952. The average Bonchev–Trinajstić information content (AvgIpc) is 3.64. The van der Waals surface area contributed by atoms with E-state index in [1.807, 2.05) is 142 Å². The predicted molar refractivity (Wildman–Crippen MR) is 226 cm³/mol. The lowest BCUT2D eigenvalue weighted by molar-refractivity contribution is -0.147. The number of aliphatic hydroxyl groups is 1. The number of esters is 4. The molecule has 2 aliphatic heterocycles. The Bertz CT molecular complexity index is 1820. The predicted octanol–water partition coefficient (Wildman–Crippen LogP) is 6.88. The lowest BCUT2D eigenvalue weighted by Gasteiger charge is -2.13. The number of benzene rings is 4. The molecule has 1 unspecified atom stereocenters. The number of nitrogens with zero attached hydrogens (tertiary/aromatic N) is 2. The summed E-state index contributed by atoms with van der Waals surface area (Å²) in [4.78, 5) is 69.8. The number of hydrogen-bond acceptors (Lipinski definition) is 11. The van der Waals surface area contributed by atoms with Gasteiger partial charge in [0.25, 0.3) is 0 Å². The van der Waals surface area contributed by atoms with E-state index in [0.717, 1.165) is 24.0 Å². The number of aliphatic hydroxyl groups excluding tert-OH is 1. The number of hydrogen-bond donors (Lipinski definition) is 1. The molecule has 2 heterocycles. The highest BCUT2D eigenvalue weighted by Crippen LogP contribution is 2.17. The average molecular weight is 827 g/mol. The van der Waals surface area contributed by atoms with Crippen LogP contribution in [0.3, 0.4) is 0 Å². The molecule has 13 heteroatoms. The minimum absolute atomic E-state index is 0.0580. The van der Waals surface area contributed by atoms with E-state index >= 15 is 0 Å². The Morgan fingerprint density at radius 3 is 1.15 bits per heavy atom. The van der Waals surface area contributed by atoms with E-state index < -0.39 is 36.2 Å². The van der Waals surface area contributed by atoms with Gasteiger partial charge in [0.05, 0.1) is 25.6 Å². The molecule has 13 nitrogen and oxygen atoms in total. The van der Waals surface area contributed by atoms with E-state index in [9.17, 15) is 28.8 Å². The SMILES string of the molecule is CCO.CCOC(=O)[C@@H](C)Cc1ccccc1.CN1C(=O)OC(=O)C1Cc1ccccc1.CN1C(=O)OC(=O)[C@@H]1Cc1ccccc1.COC(=O)[C@H](C)Cc1ccccc1. The minimum Gasteiger partial charge on any atom is -0.469 e. The topological polar surface area (TPSA) is 166 Å². The fraction of sp³-hybridized carbons (Fsp3) is 0.362. The molecule has 0 spiro atoms. The molecule has 6 rings (SSSR count). The molecule has 0 radical (unpaired) electrons. The Kier molecular flexibility index (Phi) is 22.7. The third kappa shape index (κ3) is 17.7. The Balaban J connectivity index is 0.000000270. The molecule has 1 N–H and O–H groups in total. The highest BCUT2D eigenvalue weighted by Gasteiger charge is 2.39. The molecule has 60 heavy (non-hydrogen) atoms. The van der Waals surface area contributed by atoms with E-state index in [1.165, 1.54) is 28.0 Å². The second kappa shape index (κ2) is 27.4. The molecule has 0 saturated carbocycles. The van der Waals surface area contributed by atoms with Gasteiger partial charge in [-0.15, -0.1) is 0 Å². The van der Waals surface area contributed by atoms with Crippen molar-refractivity contribution in [3.8, 4) is 0 Å². The second-order valence-corrected chi connectivity index (χ2v) is 13.8. The minimum atomic E-state index is -0.569. The molecule has 0 bridgehead atoms. The van der Waals surface area contributed by atoms with E-state index in [-0.39, 0.29) is 30.4 Å². The van der Waals surface area contributed by atoms with E-state index in [0.29, 0.717) is 19.4 Å². The normalized spacial score (nSPS) is 16.1. The van der Waals surface area contributed by atoms with Crippen LogP contribution >= 0.6 is 0 Å². The van der Waals surface area contributed by atoms with Gasteiger partial charge in [0.1, 0.15) is 12.1 Å². The van der Waals surface area contributed by atoms with Crippen molar-refractivity contribution in [2.75, 3.05) is 34.4 Å². The first kappa shape index (κ1) is 49.8. The monoisotopic (exact) mass is 826 g/mol. The molecule has 2 amide bonds. The first-order valence-electron chi connectivity index (χ1n) is 19.7. The standard InChI is InChI=1S/C12H16O2.2C11H11NO3.C11H14O2.C2H6O/c1-3-14-12(13)10(2)9-11-7-5-4-6-8-11;2*1-12-9(10(13)15-11(12)14)7-8-5-3-2-4-6-8;1-9(11(12)13-2)8-10-6-4-3-5-7-10;1-2-3/h4-8,10H,3,9H2,1-2H3;2*2-6,9H,7H2,1H3;3-7,9H,8H2,1-2H3;3H,2H2,1H3/t10-;9-;;9-;/m00.1./s1. The van der Waals surface area contributed by atoms with Crippen molar-refractivity contribution in [2.45, 2.75) is 65.5 Å². The van der Waals surface area contributed by atoms with Crippen LogP contribution < -0.4 is 0 Å². The largest absolute Gasteiger partial charge is 0.469 e. The van der Waals surface area contributed by atoms with Crippen molar-refractivity contribution in [2.24, 2.45) is 11.8 Å². The van der Waals surface area contributed by atoms with Crippen molar-refractivity contribution in [1.29, 1.82) is 0 Å². The number of cyclic esters (lactones) is 4. The van der Waals surface area contributed by atoms with Gasteiger partial charge in [0, 0.05) is 33.5 Å². The third-order valence-electron chi connectivity index (χ3n) is 9.04. The number of likely N-dealkylation sites (N-methyl/N-ethyl adjacent to an activating group) is 2. The molecule has 0 aliphatic carbocycles. The Labute approximate surface area is 353 Å². The van der Waals surface area contributed by atoms with Gasteiger partial charge in [-0.25, -0.2) is 19.2 Å². The summed E-state index contributed by atoms with van der Waals surface area (Å²) in [6.07, 6.45) is 1.36. The van der Waals surface area contributed by atoms with Gasteiger partial charge >= 0.3 is 36.1 Å². The molecular weight excluding hydrogens is 769 g/mol. The smallest absolute Gasteiger partial charge is 0.418 e. The fourth-order valence-corrected chi connectivity index (χ4v) is 5.73. The van der Waals surface area contributed by atoms with Gasteiger partial charge in [-0.3, -0.25) is 19.4 Å². The first-order valence-corrected chi connectivity index (χ1v) is 19.7. The van der Waals surface area contributed by atoms with Gasteiger partial charge in [0.2, 0.25) is 0 Å². The van der Waals surface area contributed by atoms with Gasteiger partial charge < -0.3 is 24.1 Å². The summed E-state index contributed by atoms with van der Waals surface area (Å²) in [5.74, 6) is -1.32. The maximum atomic E-state index is 11.3. The number of rotatable bonds is 11. The van der Waals surface area contributed by atoms with Crippen LogP contribution in [-0.4, -0.2) is 97.5 Å². The lowest BCUT2D eigenvalue weighted by Crippen LogP contribution is -2.33. The molecule has 4 aromatic rings. The number of carbonyl (C=O) groups excluding carboxylic acids is 6. The van der Waals surface area contributed by atoms with Gasteiger partial charge in [-0.05, 0) is 48.9 Å². The van der Waals surface area contributed by atoms with Crippen LogP contribution in [0.1, 0.15) is 49.9 Å². The van der Waals surface area contributed by atoms with Crippen LogP contribution in [-0.2, 0) is 63.8 Å². The summed E-state index contributed by atoms with van der Waals surface area (Å²) >= 11 is 0. The van der Waals surface area contributed by atoms with Crippen molar-refractivity contribution in [3.63, 3.8) is 0 Å². The Morgan fingerprint density at radius 2 is 0.883 bits per heavy atom. The van der Waals surface area contributed by atoms with E-state index in [2.05, 4.69) is 14.2 Å². The van der Waals surface area contributed by atoms with E-state index in [4.69, 9.17) is 9.84 Å². The van der Waals surface area contributed by atoms with Crippen LogP contribution in [0.15, 0.2) is 121 Å². The van der Waals surface area contributed by atoms with Crippen LogP contribution in [0.4, 0.5) is 9.59 Å². The number of amides is 2. The number of ether oxygens (including phenoxy) is 4. The number of methoxy groups -OCH3 is 1. The van der Waals surface area contributed by atoms with Crippen LogP contribution in [0.25, 0.3) is 0 Å². The van der Waals surface area contributed by atoms with Crippen LogP contribution in [0, 0.1) is 11.8 Å². The Morgan fingerprint density at radius 1 is 0.583 bits per heavy atom. The number of carbonyl (C=O) groups is 6. The summed E-state index contributed by atoms with van der Waals surface area (Å²) in [5.41, 5.74) is 4.37. The van der Waals surface area contributed by atoms with Gasteiger partial charge in [0.15, 0.2) is 0 Å². The zero-order chi connectivity index (χ0) is 44.5. The summed E-state index contributed by atoms with van der Waals surface area (Å²) in [7, 11) is 4.56. The van der Waals surface area contributed by atoms with E-state index in [1.54, 1.807) is 21.0 Å². The molecule has 322 valence electrons. The van der Waals surface area contributed by atoms with Crippen LogP contribution in [0.5, 0.6) is 0 Å². The molecule has 4 aromatic carbocycles. The highest BCUT2D eigenvalue weighted by molar-refractivity contribution is 5.96. The molecule has 4 atom stereocenters. The summed E-state index contributed by atoms with van der Waals surface area (Å²) in [6, 6.07) is 38.0. The molecule has 2 aliphatic rings. The lowest BCUT2D eigenvalue weighted by atomic mass is 10.0. The van der Waals surface area contributed by atoms with Crippen molar-refractivity contribution in [1.82, 2.24) is 9.80 Å². The van der Waals surface area contributed by atoms with Crippen molar-refractivity contribution < 1.29 is 52.8 Å². The maximum absolute atomic E-state index is 11.3. The molecular formula is C47H58N2O11. The Hall–Kier alpha value is -6.34. The van der Waals surface area contributed by atoms with Crippen LogP contribution in [0.2, 0.25) is 0 Å². The van der Waals surface area contributed by atoms with Gasteiger partial charge in [-0.2, -0.15) is 0 Å². The molecule has 0 aromatic heterocycles. The zero-order valence-electron chi connectivity index (χ0n) is 35.5. The zero-order valence-corrected chi connectivity index (χ0v) is 35.5.